The summed E-state index contributed by atoms with van der Waals surface area (Å²) in [7, 11) is 7.27. The molecule has 2 aromatic heterocycles. The molecule has 2 aliphatic heterocycles. The molecular formula is C44H68N8O5S4. The molecule has 61 heavy (non-hydrogen) atoms. The smallest absolute Gasteiger partial charge is 0.321 e. The van der Waals surface area contributed by atoms with Gasteiger partial charge in [-0.25, -0.2) is 4.98 Å². The van der Waals surface area contributed by atoms with Gasteiger partial charge in [-0.1, -0.05) is 19.1 Å². The number of amides is 3. The SMILES string of the molecule is CCC(C)(C#N)SC.CCOC(=O)C(C)(C)SC.CN1C(=O)c2ccccc2C1=O.CN1CCCC1=O.CSC(C)(C)C#N.CSCC#N.Cn1cccc1.Cn1ccnc1. The normalized spacial score (nSPS) is 13.0. The molecule has 4 heterocycles. The topological polar surface area (TPSA) is 178 Å². The number of esters is 1. The molecule has 0 bridgehead atoms. The predicted molar refractivity (Wildman–Crippen MR) is 258 cm³/mol. The number of imide groups is 1. The summed E-state index contributed by atoms with van der Waals surface area (Å²) in [5.74, 6) is 0.341. The Labute approximate surface area is 383 Å². The number of aryl methyl sites for hydroxylation is 2. The molecule has 1 saturated heterocycles. The van der Waals surface area contributed by atoms with Gasteiger partial charge < -0.3 is 18.8 Å². The molecule has 3 aromatic rings. The van der Waals surface area contributed by atoms with Crippen LogP contribution in [-0.2, 0) is 28.4 Å². The van der Waals surface area contributed by atoms with Crippen LogP contribution in [0.1, 0.15) is 88.4 Å². The van der Waals surface area contributed by atoms with Crippen molar-refractivity contribution in [3.8, 4) is 18.2 Å². The van der Waals surface area contributed by atoms with Crippen molar-refractivity contribution in [3.63, 3.8) is 0 Å². The molecule has 0 saturated carbocycles. The second kappa shape index (κ2) is 34.3. The van der Waals surface area contributed by atoms with E-state index < -0.39 is 4.75 Å². The first kappa shape index (κ1) is 61.0. The number of imidazole rings is 1. The highest BCUT2D eigenvalue weighted by Gasteiger charge is 2.31. The number of aromatic nitrogens is 3. The number of fused-ring (bicyclic) bond motifs is 1. The highest BCUT2D eigenvalue weighted by atomic mass is 32.2. The quantitative estimate of drug-likeness (QED) is 0.162. The summed E-state index contributed by atoms with van der Waals surface area (Å²) in [6.45, 7) is 14.7. The van der Waals surface area contributed by atoms with Gasteiger partial charge in [-0.2, -0.15) is 27.5 Å². The van der Waals surface area contributed by atoms with Crippen LogP contribution >= 0.6 is 47.0 Å². The lowest BCUT2D eigenvalue weighted by atomic mass is 10.1. The van der Waals surface area contributed by atoms with Crippen LogP contribution in [0.15, 0.2) is 67.5 Å². The summed E-state index contributed by atoms with van der Waals surface area (Å²) in [6.07, 6.45) is 19.8. The molecule has 1 fully saturated rings. The maximum atomic E-state index is 11.3. The number of rotatable bonds is 7. The predicted octanol–water partition coefficient (Wildman–Crippen LogP) is 8.85. The summed E-state index contributed by atoms with van der Waals surface area (Å²) in [6, 6.07) is 17.2. The van der Waals surface area contributed by atoms with Gasteiger partial charge in [0.25, 0.3) is 11.8 Å². The standard InChI is InChI=1S/C9H7NO2.C7H14O2S.C6H11NS.C5H9NO.C5H9NS.C5H7N.C4H6N2.C3H5NS/c1-10-8(11)6-4-2-3-5-7(6)9(10)12;1-5-9-6(8)7(2,3)10-4;1-4-6(2,5-7)8-3;1-6-4-2-3-5(6)7;1-5(2,4-6)7-3;1-6-4-2-3-5-6;1-6-3-2-5-4-6;1-5-3-2-4/h2-5H,1H3;5H2,1-4H3;4H2,1-3H3;2-4H2,1H3;1-3H3;2-5H,1H3;2-4H,1H3;3H2,1H3. The first-order valence-electron chi connectivity index (χ1n) is 19.2. The minimum Gasteiger partial charge on any atom is -0.465 e. The Morgan fingerprint density at radius 2 is 1.33 bits per heavy atom. The van der Waals surface area contributed by atoms with Gasteiger partial charge in [0.05, 0.1) is 57.5 Å². The zero-order valence-electron chi connectivity index (χ0n) is 38.8. The Balaban J connectivity index is -0.000000640. The van der Waals surface area contributed by atoms with E-state index in [1.807, 2.05) is 141 Å². The van der Waals surface area contributed by atoms with Crippen LogP contribution in [0, 0.1) is 34.0 Å². The molecule has 2 aliphatic rings. The van der Waals surface area contributed by atoms with E-state index in [9.17, 15) is 19.2 Å². The number of likely N-dealkylation sites (tertiary alicyclic amines) is 1. The largest absolute Gasteiger partial charge is 0.465 e. The third-order valence-corrected chi connectivity index (χ3v) is 12.3. The first-order valence-corrected chi connectivity index (χ1v) is 24.3. The highest BCUT2D eigenvalue weighted by Crippen LogP contribution is 2.24. The molecule has 0 spiro atoms. The van der Waals surface area contributed by atoms with Crippen LogP contribution < -0.4 is 0 Å². The van der Waals surface area contributed by atoms with Crippen LogP contribution in [0.3, 0.4) is 0 Å². The summed E-state index contributed by atoms with van der Waals surface area (Å²) in [5, 5.41) is 24.6. The summed E-state index contributed by atoms with van der Waals surface area (Å²) in [5.41, 5.74) is 1.01. The molecule has 3 amide bonds. The fourth-order valence-corrected chi connectivity index (χ4v) is 4.43. The summed E-state index contributed by atoms with van der Waals surface area (Å²) < 4.78 is 7.99. The van der Waals surface area contributed by atoms with Crippen molar-refractivity contribution < 1.29 is 23.9 Å². The number of carbonyl (C=O) groups is 4. The van der Waals surface area contributed by atoms with Crippen molar-refractivity contribution in [2.75, 3.05) is 58.0 Å². The zero-order valence-corrected chi connectivity index (χ0v) is 42.1. The van der Waals surface area contributed by atoms with E-state index in [2.05, 4.69) is 17.1 Å². The molecule has 17 heteroatoms. The third-order valence-electron chi connectivity index (χ3n) is 8.32. The maximum Gasteiger partial charge on any atom is 0.321 e. The van der Waals surface area contributed by atoms with Crippen LogP contribution in [0.25, 0.3) is 0 Å². The van der Waals surface area contributed by atoms with Gasteiger partial charge in [-0.15, -0.1) is 35.3 Å². The Bertz CT molecular complexity index is 1730. The molecular weight excluding hydrogens is 849 g/mol. The van der Waals surface area contributed by atoms with E-state index in [1.54, 1.807) is 77.0 Å². The van der Waals surface area contributed by atoms with Crippen LogP contribution in [0.2, 0.25) is 0 Å². The van der Waals surface area contributed by atoms with Gasteiger partial charge in [-0.05, 0) is 104 Å². The lowest BCUT2D eigenvalue weighted by Crippen LogP contribution is -2.29. The van der Waals surface area contributed by atoms with Crippen LogP contribution in [0.4, 0.5) is 0 Å². The van der Waals surface area contributed by atoms with Gasteiger partial charge in [-0.3, -0.25) is 24.1 Å². The average molecular weight is 917 g/mol. The lowest BCUT2D eigenvalue weighted by molar-refractivity contribution is -0.145. The molecule has 0 radical (unpaired) electrons. The monoisotopic (exact) mass is 916 g/mol. The number of thioether (sulfide) groups is 4. The molecule has 1 aromatic carbocycles. The number of benzene rings is 1. The van der Waals surface area contributed by atoms with Gasteiger partial charge >= 0.3 is 5.97 Å². The fourth-order valence-electron chi connectivity index (χ4n) is 3.61. The van der Waals surface area contributed by atoms with Gasteiger partial charge in [0.1, 0.15) is 4.75 Å². The third kappa shape index (κ3) is 28.0. The summed E-state index contributed by atoms with van der Waals surface area (Å²) >= 11 is 6.22. The molecule has 1 unspecified atom stereocenters. The van der Waals surface area contributed by atoms with Crippen LogP contribution in [0.5, 0.6) is 0 Å². The highest BCUT2D eigenvalue weighted by molar-refractivity contribution is 8.00. The second-order valence-electron chi connectivity index (χ2n) is 14.0. The van der Waals surface area contributed by atoms with Crippen molar-refractivity contribution in [3.05, 3.63) is 78.6 Å². The maximum absolute atomic E-state index is 11.3. The van der Waals surface area contributed by atoms with Gasteiger partial charge in [0, 0.05) is 65.9 Å². The number of carbonyl (C=O) groups excluding carboxylic acids is 4. The van der Waals surface area contributed by atoms with E-state index in [0.29, 0.717) is 29.4 Å². The molecule has 338 valence electrons. The van der Waals surface area contributed by atoms with Crippen molar-refractivity contribution in [2.24, 2.45) is 14.1 Å². The minimum atomic E-state index is -0.393. The number of ether oxygens (including phenoxy) is 1. The second-order valence-corrected chi connectivity index (χ2v) is 19.0. The lowest BCUT2D eigenvalue weighted by Gasteiger charge is -2.18. The molecule has 1 atom stereocenters. The van der Waals surface area contributed by atoms with Crippen molar-refractivity contribution >= 4 is 70.7 Å². The zero-order chi connectivity index (χ0) is 47.7. The van der Waals surface area contributed by atoms with E-state index >= 15 is 0 Å². The van der Waals surface area contributed by atoms with E-state index in [-0.39, 0.29) is 27.3 Å². The summed E-state index contributed by atoms with van der Waals surface area (Å²) in [4.78, 5) is 50.9. The van der Waals surface area contributed by atoms with E-state index in [1.165, 1.54) is 18.8 Å². The Morgan fingerprint density at radius 3 is 1.51 bits per heavy atom. The van der Waals surface area contributed by atoms with Crippen LogP contribution in [-0.4, -0.2) is 120 Å². The van der Waals surface area contributed by atoms with Crippen molar-refractivity contribution in [1.29, 1.82) is 15.8 Å². The fraction of sp³-hybridized carbons (Fsp3) is 0.545. The number of hydrogen-bond donors (Lipinski definition) is 0. The number of nitrogens with zero attached hydrogens (tertiary/aromatic N) is 8. The van der Waals surface area contributed by atoms with Gasteiger partial charge in [0.2, 0.25) is 5.91 Å². The number of nitriles is 3. The first-order chi connectivity index (χ1) is 28.6. The van der Waals surface area contributed by atoms with Crippen molar-refractivity contribution in [1.82, 2.24) is 23.9 Å². The number of hydrogen-bond acceptors (Lipinski definition) is 13. The van der Waals surface area contributed by atoms with E-state index in [4.69, 9.17) is 20.5 Å². The average Bonchev–Trinajstić information content (AvgIpc) is 4.08. The Hall–Kier alpha value is -4.34. The Kier molecular flexibility index (Phi) is 34.2. The van der Waals surface area contributed by atoms with Crippen molar-refractivity contribution in [2.45, 2.75) is 82.0 Å². The minimum absolute atomic E-state index is 0.137. The molecule has 5 rings (SSSR count). The molecule has 0 N–H and O–H groups in total. The Morgan fingerprint density at radius 1 is 0.787 bits per heavy atom. The molecule has 0 aliphatic carbocycles. The molecule has 13 nitrogen and oxygen atoms in total. The van der Waals surface area contributed by atoms with E-state index in [0.717, 1.165) is 30.7 Å². The van der Waals surface area contributed by atoms with Gasteiger partial charge in [0.15, 0.2) is 0 Å².